The summed E-state index contributed by atoms with van der Waals surface area (Å²) in [5, 5.41) is 9.05. The van der Waals surface area contributed by atoms with Crippen molar-refractivity contribution >= 4 is 5.97 Å². The van der Waals surface area contributed by atoms with Gasteiger partial charge in [-0.25, -0.2) is 0 Å². The van der Waals surface area contributed by atoms with E-state index in [1.165, 1.54) is 0 Å². The molecule has 0 spiro atoms. The van der Waals surface area contributed by atoms with Crippen LogP contribution < -0.4 is 5.73 Å². The number of carbonyl (C=O) groups is 1. The Hall–Kier alpha value is -1.35. The van der Waals surface area contributed by atoms with Gasteiger partial charge in [0.15, 0.2) is 0 Å². The summed E-state index contributed by atoms with van der Waals surface area (Å²) in [5.41, 5.74) is 6.56. The third-order valence-electron chi connectivity index (χ3n) is 2.64. The van der Waals surface area contributed by atoms with E-state index in [4.69, 9.17) is 10.8 Å². The first-order chi connectivity index (χ1) is 6.98. The predicted molar refractivity (Wildman–Crippen MR) is 59.9 cm³/mol. The van der Waals surface area contributed by atoms with Crippen molar-refractivity contribution in [3.63, 3.8) is 0 Å². The normalized spacial score (nSPS) is 11.4. The van der Waals surface area contributed by atoms with Gasteiger partial charge in [-0.3, -0.25) is 4.79 Å². The number of hydrogen-bond acceptors (Lipinski definition) is 2. The van der Waals surface area contributed by atoms with E-state index in [1.807, 2.05) is 24.3 Å². The second-order valence-corrected chi connectivity index (χ2v) is 4.17. The lowest BCUT2D eigenvalue weighted by Crippen LogP contribution is -2.28. The van der Waals surface area contributed by atoms with Gasteiger partial charge in [-0.2, -0.15) is 0 Å². The summed E-state index contributed by atoms with van der Waals surface area (Å²) < 4.78 is 0. The molecule has 0 radical (unpaired) electrons. The van der Waals surface area contributed by atoms with Gasteiger partial charge in [0.1, 0.15) is 0 Å². The molecular formula is C12H17NO2. The quantitative estimate of drug-likeness (QED) is 0.787. The van der Waals surface area contributed by atoms with E-state index in [9.17, 15) is 4.79 Å². The molecule has 0 amide bonds. The number of rotatable bonds is 4. The molecule has 0 atom stereocenters. The van der Waals surface area contributed by atoms with Crippen LogP contribution >= 0.6 is 0 Å². The maximum atomic E-state index is 11.0. The van der Waals surface area contributed by atoms with Crippen molar-refractivity contribution < 1.29 is 9.90 Å². The Balaban J connectivity index is 2.93. The Kier molecular flexibility index (Phi) is 3.48. The molecule has 0 bridgehead atoms. The van der Waals surface area contributed by atoms with E-state index < -0.39 is 11.4 Å². The van der Waals surface area contributed by atoms with Crippen molar-refractivity contribution in [2.75, 3.05) is 6.54 Å². The maximum absolute atomic E-state index is 11.0. The van der Waals surface area contributed by atoms with E-state index in [2.05, 4.69) is 0 Å². The molecule has 0 aliphatic heterocycles. The van der Waals surface area contributed by atoms with Crippen molar-refractivity contribution in [1.82, 2.24) is 0 Å². The van der Waals surface area contributed by atoms with Crippen LogP contribution in [0.2, 0.25) is 0 Å². The number of hydrogen-bond donors (Lipinski definition) is 2. The Morgan fingerprint density at radius 2 is 1.87 bits per heavy atom. The third-order valence-corrected chi connectivity index (χ3v) is 2.64. The van der Waals surface area contributed by atoms with Crippen molar-refractivity contribution in [2.24, 2.45) is 5.73 Å². The molecule has 0 fully saturated rings. The van der Waals surface area contributed by atoms with Gasteiger partial charge in [-0.1, -0.05) is 24.3 Å². The molecule has 0 aliphatic carbocycles. The highest BCUT2D eigenvalue weighted by molar-refractivity contribution is 5.80. The Bertz CT molecular complexity index is 341. The molecule has 15 heavy (non-hydrogen) atoms. The molecule has 0 saturated heterocycles. The summed E-state index contributed by atoms with van der Waals surface area (Å²) in [6.07, 6.45) is 0.827. The minimum absolute atomic E-state index is 0.613. The van der Waals surface area contributed by atoms with Crippen molar-refractivity contribution in [3.8, 4) is 0 Å². The fourth-order valence-electron chi connectivity index (χ4n) is 1.38. The van der Waals surface area contributed by atoms with Gasteiger partial charge in [0.25, 0.3) is 0 Å². The topological polar surface area (TPSA) is 63.3 Å². The van der Waals surface area contributed by atoms with Crippen molar-refractivity contribution in [3.05, 3.63) is 35.4 Å². The average Bonchev–Trinajstić information content (AvgIpc) is 2.19. The number of nitrogens with two attached hydrogens (primary N) is 1. The van der Waals surface area contributed by atoms with Gasteiger partial charge < -0.3 is 10.8 Å². The fraction of sp³-hybridized carbons (Fsp3) is 0.417. The highest BCUT2D eigenvalue weighted by atomic mass is 16.4. The third kappa shape index (κ3) is 2.57. The van der Waals surface area contributed by atoms with E-state index in [0.717, 1.165) is 17.5 Å². The molecule has 3 N–H and O–H groups in total. The average molecular weight is 207 g/mol. The zero-order chi connectivity index (χ0) is 11.5. The lowest BCUT2D eigenvalue weighted by Gasteiger charge is -2.19. The van der Waals surface area contributed by atoms with Crippen LogP contribution in [-0.2, 0) is 16.6 Å². The van der Waals surface area contributed by atoms with E-state index in [0.29, 0.717) is 6.54 Å². The zero-order valence-electron chi connectivity index (χ0n) is 9.16. The second-order valence-electron chi connectivity index (χ2n) is 4.17. The lowest BCUT2D eigenvalue weighted by atomic mass is 9.84. The van der Waals surface area contributed by atoms with Crippen LogP contribution in [0.5, 0.6) is 0 Å². The lowest BCUT2D eigenvalue weighted by molar-refractivity contribution is -0.142. The number of aliphatic carboxylic acids is 1. The van der Waals surface area contributed by atoms with Crippen LogP contribution in [0, 0.1) is 0 Å². The molecule has 3 nitrogen and oxygen atoms in total. The van der Waals surface area contributed by atoms with Gasteiger partial charge >= 0.3 is 5.97 Å². The van der Waals surface area contributed by atoms with Gasteiger partial charge in [0.05, 0.1) is 5.41 Å². The molecule has 1 aromatic carbocycles. The Morgan fingerprint density at radius 3 is 2.27 bits per heavy atom. The highest BCUT2D eigenvalue weighted by Gasteiger charge is 2.28. The molecule has 82 valence electrons. The first kappa shape index (κ1) is 11.7. The molecule has 1 rings (SSSR count). The van der Waals surface area contributed by atoms with Crippen LogP contribution in [-0.4, -0.2) is 17.6 Å². The second kappa shape index (κ2) is 4.45. The molecule has 0 saturated carbocycles. The first-order valence-electron chi connectivity index (χ1n) is 5.01. The molecular weight excluding hydrogens is 190 g/mol. The van der Waals surface area contributed by atoms with Gasteiger partial charge in [-0.15, -0.1) is 0 Å². The van der Waals surface area contributed by atoms with Crippen LogP contribution in [0.3, 0.4) is 0 Å². The maximum Gasteiger partial charge on any atom is 0.313 e. The highest BCUT2D eigenvalue weighted by Crippen LogP contribution is 2.23. The molecule has 0 aliphatic rings. The smallest absolute Gasteiger partial charge is 0.313 e. The summed E-state index contributed by atoms with van der Waals surface area (Å²) >= 11 is 0. The van der Waals surface area contributed by atoms with Crippen molar-refractivity contribution in [1.29, 1.82) is 0 Å². The fourth-order valence-corrected chi connectivity index (χ4v) is 1.38. The molecule has 3 heteroatoms. The summed E-state index contributed by atoms with van der Waals surface area (Å²) in [5.74, 6) is -0.811. The summed E-state index contributed by atoms with van der Waals surface area (Å²) in [4.78, 5) is 11.0. The Morgan fingerprint density at radius 1 is 1.33 bits per heavy atom. The van der Waals surface area contributed by atoms with Crippen molar-refractivity contribution in [2.45, 2.75) is 25.7 Å². The van der Waals surface area contributed by atoms with Gasteiger partial charge in [0, 0.05) is 0 Å². The summed E-state index contributed by atoms with van der Waals surface area (Å²) in [6.45, 7) is 4.02. The number of carboxylic acid groups (broad SMARTS) is 1. The van der Waals surface area contributed by atoms with Gasteiger partial charge in [-0.05, 0) is 37.9 Å². The van der Waals surface area contributed by atoms with E-state index >= 15 is 0 Å². The van der Waals surface area contributed by atoms with E-state index in [1.54, 1.807) is 13.8 Å². The summed E-state index contributed by atoms with van der Waals surface area (Å²) in [7, 11) is 0. The first-order valence-corrected chi connectivity index (χ1v) is 5.01. The van der Waals surface area contributed by atoms with Gasteiger partial charge in [0.2, 0.25) is 0 Å². The monoisotopic (exact) mass is 207 g/mol. The predicted octanol–water partition coefficient (Wildman–Crippen LogP) is 1.55. The SMILES string of the molecule is CC(C)(C(=O)O)c1ccc(CCN)cc1. The zero-order valence-corrected chi connectivity index (χ0v) is 9.16. The largest absolute Gasteiger partial charge is 0.481 e. The molecule has 0 aromatic heterocycles. The number of carboxylic acids is 1. The van der Waals surface area contributed by atoms with E-state index in [-0.39, 0.29) is 0 Å². The molecule has 1 aromatic rings. The van der Waals surface area contributed by atoms with Crippen LogP contribution in [0.15, 0.2) is 24.3 Å². The summed E-state index contributed by atoms with van der Waals surface area (Å²) in [6, 6.07) is 7.60. The van der Waals surface area contributed by atoms with Crippen LogP contribution in [0.1, 0.15) is 25.0 Å². The Labute approximate surface area is 89.9 Å². The molecule has 0 heterocycles. The molecule has 0 unspecified atom stereocenters. The van der Waals surface area contributed by atoms with Crippen LogP contribution in [0.4, 0.5) is 0 Å². The number of benzene rings is 1. The minimum Gasteiger partial charge on any atom is -0.481 e. The van der Waals surface area contributed by atoms with Crippen LogP contribution in [0.25, 0.3) is 0 Å². The minimum atomic E-state index is -0.832. The standard InChI is InChI=1S/C12H17NO2/c1-12(2,11(14)15)10-5-3-9(4-6-10)7-8-13/h3-6H,7-8,13H2,1-2H3,(H,14,15).